The highest BCUT2D eigenvalue weighted by Gasteiger charge is 2.39. The van der Waals surface area contributed by atoms with E-state index in [2.05, 4.69) is 4.90 Å². The summed E-state index contributed by atoms with van der Waals surface area (Å²) in [5.41, 5.74) is 1.15. The van der Waals surface area contributed by atoms with Crippen molar-refractivity contribution in [2.24, 2.45) is 0 Å². The number of hydrogen-bond donors (Lipinski definition) is 1. The van der Waals surface area contributed by atoms with Gasteiger partial charge in [-0.15, -0.1) is 0 Å². The third-order valence-electron chi connectivity index (χ3n) is 5.51. The molecular weight excluding hydrogens is 344 g/mol. The molecule has 1 aliphatic heterocycles. The Labute approximate surface area is 163 Å². The molecule has 1 atom stereocenters. The van der Waals surface area contributed by atoms with E-state index in [-0.39, 0.29) is 12.2 Å². The molecule has 1 aliphatic carbocycles. The molecule has 2 fully saturated rings. The van der Waals surface area contributed by atoms with Crippen LogP contribution in [-0.2, 0) is 11.3 Å². The van der Waals surface area contributed by atoms with Crippen LogP contribution in [0.2, 0.25) is 0 Å². The lowest BCUT2D eigenvalue weighted by Gasteiger charge is -2.40. The second-order valence-corrected chi connectivity index (χ2v) is 8.15. The van der Waals surface area contributed by atoms with E-state index in [9.17, 15) is 5.11 Å². The van der Waals surface area contributed by atoms with Crippen LogP contribution in [0.5, 0.6) is 11.5 Å². The van der Waals surface area contributed by atoms with Crippen LogP contribution in [-0.4, -0.2) is 80.7 Å². The Hall–Kier alpha value is -1.34. The first-order valence-corrected chi connectivity index (χ1v) is 9.98. The summed E-state index contributed by atoms with van der Waals surface area (Å²) in [6.45, 7) is 4.37. The van der Waals surface area contributed by atoms with Gasteiger partial charge >= 0.3 is 0 Å². The van der Waals surface area contributed by atoms with Crippen LogP contribution in [0.1, 0.15) is 31.2 Å². The van der Waals surface area contributed by atoms with Crippen molar-refractivity contribution in [1.82, 2.24) is 9.80 Å². The minimum Gasteiger partial charge on any atom is -0.497 e. The summed E-state index contributed by atoms with van der Waals surface area (Å²) >= 11 is 0. The van der Waals surface area contributed by atoms with Crippen molar-refractivity contribution in [3.8, 4) is 11.5 Å². The van der Waals surface area contributed by atoms with Gasteiger partial charge in [0, 0.05) is 31.7 Å². The third-order valence-corrected chi connectivity index (χ3v) is 5.51. The number of aliphatic hydroxyl groups excluding tert-OH is 1. The van der Waals surface area contributed by atoms with Crippen LogP contribution in [0.3, 0.4) is 0 Å². The fourth-order valence-electron chi connectivity index (χ4n) is 4.23. The van der Waals surface area contributed by atoms with Crippen LogP contribution in [0.4, 0.5) is 0 Å². The van der Waals surface area contributed by atoms with Crippen LogP contribution in [0, 0.1) is 0 Å². The average molecular weight is 379 g/mol. The molecule has 1 aromatic rings. The van der Waals surface area contributed by atoms with E-state index in [1.54, 1.807) is 7.11 Å². The van der Waals surface area contributed by atoms with E-state index < -0.39 is 6.10 Å². The molecule has 1 spiro atoms. The Morgan fingerprint density at radius 1 is 1.30 bits per heavy atom. The predicted octanol–water partition coefficient (Wildman–Crippen LogP) is 2.14. The van der Waals surface area contributed by atoms with Gasteiger partial charge in [-0.3, -0.25) is 4.90 Å². The highest BCUT2D eigenvalue weighted by Crippen LogP contribution is 2.37. The van der Waals surface area contributed by atoms with Gasteiger partial charge < -0.3 is 24.2 Å². The zero-order valence-corrected chi connectivity index (χ0v) is 16.9. The van der Waals surface area contributed by atoms with E-state index in [1.165, 1.54) is 25.7 Å². The molecule has 0 amide bonds. The van der Waals surface area contributed by atoms with Crippen LogP contribution < -0.4 is 9.47 Å². The lowest BCUT2D eigenvalue weighted by molar-refractivity contribution is -0.107. The molecule has 1 N–H and O–H groups in total. The number of aliphatic hydroxyl groups is 1. The summed E-state index contributed by atoms with van der Waals surface area (Å²) in [5, 5.41) is 10.1. The smallest absolute Gasteiger partial charge is 0.124 e. The minimum absolute atomic E-state index is 0.0556. The van der Waals surface area contributed by atoms with Crippen LogP contribution in [0.15, 0.2) is 18.2 Å². The first kappa shape index (κ1) is 20.4. The molecule has 2 aliphatic rings. The Bertz CT molecular complexity index is 602. The third kappa shape index (κ3) is 5.57. The van der Waals surface area contributed by atoms with Crippen molar-refractivity contribution in [2.75, 3.05) is 54.1 Å². The van der Waals surface area contributed by atoms with Crippen LogP contribution in [0.25, 0.3) is 0 Å². The number of nitrogens with zero attached hydrogens (tertiary/aromatic N) is 2. The maximum atomic E-state index is 10.1. The molecule has 6 nitrogen and oxygen atoms in total. The van der Waals surface area contributed by atoms with E-state index >= 15 is 0 Å². The number of ether oxygens (including phenoxy) is 3. The second-order valence-electron chi connectivity index (χ2n) is 8.15. The van der Waals surface area contributed by atoms with E-state index in [4.69, 9.17) is 14.2 Å². The highest BCUT2D eigenvalue weighted by molar-refractivity contribution is 5.40. The SMILES string of the molecule is COc1ccc(OC[C@H](O)CN(C)C)c(CN2CCOC3(CCCC3)C2)c1. The fourth-order valence-corrected chi connectivity index (χ4v) is 4.23. The summed E-state index contributed by atoms with van der Waals surface area (Å²) in [4.78, 5) is 4.42. The Morgan fingerprint density at radius 3 is 2.78 bits per heavy atom. The van der Waals surface area contributed by atoms with Gasteiger partial charge in [-0.2, -0.15) is 0 Å². The van der Waals surface area contributed by atoms with Gasteiger partial charge in [0.25, 0.3) is 0 Å². The van der Waals surface area contributed by atoms with Gasteiger partial charge in [-0.1, -0.05) is 12.8 Å². The van der Waals surface area contributed by atoms with Crippen molar-refractivity contribution >= 4 is 0 Å². The highest BCUT2D eigenvalue weighted by atomic mass is 16.5. The predicted molar refractivity (Wildman–Crippen MR) is 105 cm³/mol. The monoisotopic (exact) mass is 378 g/mol. The molecule has 0 aromatic heterocycles. The molecule has 1 saturated heterocycles. The Morgan fingerprint density at radius 2 is 2.07 bits per heavy atom. The van der Waals surface area contributed by atoms with Gasteiger partial charge in [0.05, 0.1) is 19.3 Å². The number of likely N-dealkylation sites (N-methyl/N-ethyl adjacent to an activating group) is 1. The molecule has 3 rings (SSSR count). The molecule has 0 bridgehead atoms. The Balaban J connectivity index is 1.67. The second kappa shape index (κ2) is 9.24. The quantitative estimate of drug-likeness (QED) is 0.748. The van der Waals surface area contributed by atoms with Gasteiger partial charge in [0.2, 0.25) is 0 Å². The summed E-state index contributed by atoms with van der Waals surface area (Å²) in [6.07, 6.45) is 4.36. The largest absolute Gasteiger partial charge is 0.497 e. The molecule has 1 aromatic carbocycles. The zero-order valence-electron chi connectivity index (χ0n) is 16.9. The lowest BCUT2D eigenvalue weighted by Crippen LogP contribution is -2.49. The molecule has 27 heavy (non-hydrogen) atoms. The van der Waals surface area contributed by atoms with Gasteiger partial charge in [-0.05, 0) is 45.1 Å². The van der Waals surface area contributed by atoms with E-state index in [0.29, 0.717) is 6.54 Å². The molecular formula is C21H34N2O4. The maximum absolute atomic E-state index is 10.1. The summed E-state index contributed by atoms with van der Waals surface area (Å²) in [6, 6.07) is 5.90. The molecule has 0 radical (unpaired) electrons. The summed E-state index contributed by atoms with van der Waals surface area (Å²) in [5.74, 6) is 1.65. The van der Waals surface area contributed by atoms with Crippen molar-refractivity contribution in [1.29, 1.82) is 0 Å². The van der Waals surface area contributed by atoms with E-state index in [1.807, 2.05) is 37.2 Å². The van der Waals surface area contributed by atoms with Crippen molar-refractivity contribution < 1.29 is 19.3 Å². The molecule has 152 valence electrons. The molecule has 0 unspecified atom stereocenters. The number of rotatable bonds is 8. The van der Waals surface area contributed by atoms with Gasteiger partial charge in [-0.25, -0.2) is 0 Å². The van der Waals surface area contributed by atoms with Crippen molar-refractivity contribution in [3.63, 3.8) is 0 Å². The van der Waals surface area contributed by atoms with Crippen LogP contribution >= 0.6 is 0 Å². The number of hydrogen-bond acceptors (Lipinski definition) is 6. The normalized spacial score (nSPS) is 20.9. The first-order valence-electron chi connectivity index (χ1n) is 9.98. The molecule has 1 heterocycles. The fraction of sp³-hybridized carbons (Fsp3) is 0.714. The summed E-state index contributed by atoms with van der Waals surface area (Å²) in [7, 11) is 5.57. The van der Waals surface area contributed by atoms with Gasteiger partial charge in [0.15, 0.2) is 0 Å². The van der Waals surface area contributed by atoms with Gasteiger partial charge in [0.1, 0.15) is 24.2 Å². The number of benzene rings is 1. The topological polar surface area (TPSA) is 54.4 Å². The molecule has 1 saturated carbocycles. The first-order chi connectivity index (χ1) is 13.0. The number of methoxy groups -OCH3 is 1. The van der Waals surface area contributed by atoms with E-state index in [0.717, 1.165) is 43.3 Å². The number of morpholine rings is 1. The van der Waals surface area contributed by atoms with Crippen molar-refractivity contribution in [2.45, 2.75) is 43.9 Å². The summed E-state index contributed by atoms with van der Waals surface area (Å²) < 4.78 is 17.5. The van der Waals surface area contributed by atoms with Crippen molar-refractivity contribution in [3.05, 3.63) is 23.8 Å². The zero-order chi connectivity index (χ0) is 19.3. The maximum Gasteiger partial charge on any atom is 0.124 e. The Kier molecular flexibility index (Phi) is 6.98. The average Bonchev–Trinajstić information content (AvgIpc) is 3.07. The lowest BCUT2D eigenvalue weighted by atomic mass is 9.99. The molecule has 6 heteroatoms. The minimum atomic E-state index is -0.514. The standard InChI is InChI=1S/C21H34N2O4/c1-22(2)14-18(24)15-26-20-7-6-19(25-3)12-17(20)13-23-10-11-27-21(16-23)8-4-5-9-21/h6-7,12,18,24H,4-5,8-11,13-16H2,1-3H3/t18-/m1/s1.